The van der Waals surface area contributed by atoms with E-state index in [1.54, 1.807) is 0 Å². The van der Waals surface area contributed by atoms with Crippen molar-refractivity contribution in [2.24, 2.45) is 0 Å². The molecule has 0 atom stereocenters. The summed E-state index contributed by atoms with van der Waals surface area (Å²) in [6, 6.07) is -0.0654. The average molecular weight is 306 g/mol. The predicted molar refractivity (Wildman–Crippen MR) is 73.7 cm³/mol. The zero-order valence-corrected chi connectivity index (χ0v) is 12.5. The van der Waals surface area contributed by atoms with Crippen molar-refractivity contribution in [3.63, 3.8) is 0 Å². The van der Waals surface area contributed by atoms with Crippen molar-refractivity contribution in [2.75, 3.05) is 18.8 Å². The van der Waals surface area contributed by atoms with E-state index in [1.807, 2.05) is 6.92 Å². The number of hydrogen-bond acceptors (Lipinski definition) is 4. The zero-order chi connectivity index (χ0) is 15.2. The van der Waals surface area contributed by atoms with Gasteiger partial charge in [-0.05, 0) is 19.3 Å². The maximum absolute atomic E-state index is 11.9. The molecule has 0 aliphatic carbocycles. The van der Waals surface area contributed by atoms with Crippen LogP contribution in [0.15, 0.2) is 0 Å². The molecule has 2 N–H and O–H groups in total. The van der Waals surface area contributed by atoms with Crippen LogP contribution in [0.5, 0.6) is 0 Å². The number of carbonyl (C=O) groups excluding carboxylic acids is 1. The molecule has 0 radical (unpaired) electrons. The summed E-state index contributed by atoms with van der Waals surface area (Å²) in [4.78, 5) is 21.8. The lowest BCUT2D eigenvalue weighted by atomic mass is 10.1. The third-order valence-electron chi connectivity index (χ3n) is 3.24. The molecule has 1 aliphatic rings. The molecule has 0 unspecified atom stereocenters. The standard InChI is InChI=1S/C12H22N2O5S/c1-2-9-20(18,19)14-7-5-10(6-8-14)13-11(15)3-4-12(16)17/h10H,2-9H2,1H3,(H,13,15)(H,16,17). The number of carboxylic acids is 1. The fourth-order valence-corrected chi connectivity index (χ4v) is 3.73. The van der Waals surface area contributed by atoms with E-state index in [0.29, 0.717) is 32.4 Å². The molecule has 0 aromatic carbocycles. The minimum absolute atomic E-state index is 0.0380. The summed E-state index contributed by atoms with van der Waals surface area (Å²) in [5.41, 5.74) is 0. The van der Waals surface area contributed by atoms with Crippen molar-refractivity contribution >= 4 is 21.9 Å². The fourth-order valence-electron chi connectivity index (χ4n) is 2.19. The van der Waals surface area contributed by atoms with E-state index in [-0.39, 0.29) is 30.5 Å². The summed E-state index contributed by atoms with van der Waals surface area (Å²) in [7, 11) is -3.16. The molecule has 0 aromatic heterocycles. The molecule has 8 heteroatoms. The van der Waals surface area contributed by atoms with Crippen molar-refractivity contribution in [1.29, 1.82) is 0 Å². The normalized spacial score (nSPS) is 17.9. The number of aliphatic carboxylic acids is 1. The summed E-state index contributed by atoms with van der Waals surface area (Å²) < 4.78 is 25.2. The molecule has 1 saturated heterocycles. The van der Waals surface area contributed by atoms with E-state index in [4.69, 9.17) is 5.11 Å². The first-order valence-corrected chi connectivity index (χ1v) is 8.45. The van der Waals surface area contributed by atoms with Gasteiger partial charge in [0.1, 0.15) is 0 Å². The number of nitrogens with one attached hydrogen (secondary N) is 1. The van der Waals surface area contributed by atoms with Gasteiger partial charge in [0, 0.05) is 25.6 Å². The Morgan fingerprint density at radius 1 is 1.25 bits per heavy atom. The Kier molecular flexibility index (Phi) is 6.41. The van der Waals surface area contributed by atoms with Gasteiger partial charge < -0.3 is 10.4 Å². The molecular weight excluding hydrogens is 284 g/mol. The van der Waals surface area contributed by atoms with Gasteiger partial charge in [0.15, 0.2) is 0 Å². The van der Waals surface area contributed by atoms with Gasteiger partial charge in [-0.2, -0.15) is 0 Å². The van der Waals surface area contributed by atoms with Gasteiger partial charge >= 0.3 is 5.97 Å². The summed E-state index contributed by atoms with van der Waals surface area (Å²) in [6.45, 7) is 2.64. The molecule has 1 amide bonds. The van der Waals surface area contributed by atoms with Gasteiger partial charge in [0.2, 0.25) is 15.9 Å². The Labute approximate surface area is 119 Å². The zero-order valence-electron chi connectivity index (χ0n) is 11.7. The van der Waals surface area contributed by atoms with Crippen LogP contribution in [-0.4, -0.2) is 54.6 Å². The Morgan fingerprint density at radius 2 is 1.85 bits per heavy atom. The van der Waals surface area contributed by atoms with Crippen LogP contribution >= 0.6 is 0 Å². The molecule has 1 heterocycles. The maximum atomic E-state index is 11.9. The number of amides is 1. The highest BCUT2D eigenvalue weighted by molar-refractivity contribution is 7.89. The lowest BCUT2D eigenvalue weighted by Gasteiger charge is -2.31. The topological polar surface area (TPSA) is 104 Å². The highest BCUT2D eigenvalue weighted by atomic mass is 32.2. The van der Waals surface area contributed by atoms with Gasteiger partial charge in [-0.3, -0.25) is 9.59 Å². The summed E-state index contributed by atoms with van der Waals surface area (Å²) >= 11 is 0. The van der Waals surface area contributed by atoms with Gasteiger partial charge in [0.05, 0.1) is 12.2 Å². The second-order valence-corrected chi connectivity index (χ2v) is 7.04. The van der Waals surface area contributed by atoms with E-state index in [2.05, 4.69) is 5.32 Å². The third kappa shape index (κ3) is 5.46. The van der Waals surface area contributed by atoms with E-state index in [0.717, 1.165) is 0 Å². The van der Waals surface area contributed by atoms with Crippen molar-refractivity contribution in [3.05, 3.63) is 0 Å². The second kappa shape index (κ2) is 7.58. The lowest BCUT2D eigenvalue weighted by molar-refractivity contribution is -0.139. The largest absolute Gasteiger partial charge is 0.481 e. The smallest absolute Gasteiger partial charge is 0.303 e. The number of nitrogens with zero attached hydrogens (tertiary/aromatic N) is 1. The van der Waals surface area contributed by atoms with E-state index < -0.39 is 16.0 Å². The van der Waals surface area contributed by atoms with E-state index in [1.165, 1.54) is 4.31 Å². The van der Waals surface area contributed by atoms with Crippen LogP contribution in [0.4, 0.5) is 0 Å². The molecule has 1 aliphatic heterocycles. The molecule has 0 aromatic rings. The van der Waals surface area contributed by atoms with Crippen molar-refractivity contribution < 1.29 is 23.1 Å². The number of piperidine rings is 1. The first-order valence-electron chi connectivity index (χ1n) is 6.84. The number of hydrogen-bond donors (Lipinski definition) is 2. The molecule has 0 bridgehead atoms. The van der Waals surface area contributed by atoms with Crippen molar-refractivity contribution in [1.82, 2.24) is 9.62 Å². The third-order valence-corrected chi connectivity index (χ3v) is 5.32. The fraction of sp³-hybridized carbons (Fsp3) is 0.833. The Hall–Kier alpha value is -1.15. The summed E-state index contributed by atoms with van der Waals surface area (Å²) in [5.74, 6) is -1.13. The van der Waals surface area contributed by atoms with Gasteiger partial charge in [0.25, 0.3) is 0 Å². The Balaban J connectivity index is 2.35. The first-order chi connectivity index (χ1) is 9.35. The minimum atomic E-state index is -3.16. The average Bonchev–Trinajstić information content (AvgIpc) is 2.37. The van der Waals surface area contributed by atoms with Crippen LogP contribution in [0.1, 0.15) is 39.0 Å². The maximum Gasteiger partial charge on any atom is 0.303 e. The van der Waals surface area contributed by atoms with Gasteiger partial charge in [-0.1, -0.05) is 6.92 Å². The van der Waals surface area contributed by atoms with Crippen LogP contribution in [-0.2, 0) is 19.6 Å². The Morgan fingerprint density at radius 3 is 2.35 bits per heavy atom. The van der Waals surface area contributed by atoms with Gasteiger partial charge in [-0.15, -0.1) is 0 Å². The number of rotatable bonds is 7. The number of carboxylic acid groups (broad SMARTS) is 1. The molecular formula is C12H22N2O5S. The quantitative estimate of drug-likeness (QED) is 0.698. The molecule has 7 nitrogen and oxygen atoms in total. The highest BCUT2D eigenvalue weighted by Crippen LogP contribution is 2.15. The molecule has 1 rings (SSSR count). The lowest BCUT2D eigenvalue weighted by Crippen LogP contribution is -2.47. The van der Waals surface area contributed by atoms with Crippen LogP contribution in [0, 0.1) is 0 Å². The van der Waals surface area contributed by atoms with E-state index in [9.17, 15) is 18.0 Å². The minimum Gasteiger partial charge on any atom is -0.481 e. The number of carbonyl (C=O) groups is 2. The van der Waals surface area contributed by atoms with E-state index >= 15 is 0 Å². The van der Waals surface area contributed by atoms with Crippen LogP contribution in [0.2, 0.25) is 0 Å². The van der Waals surface area contributed by atoms with Crippen molar-refractivity contribution in [3.8, 4) is 0 Å². The van der Waals surface area contributed by atoms with Crippen LogP contribution < -0.4 is 5.32 Å². The van der Waals surface area contributed by atoms with Crippen molar-refractivity contribution in [2.45, 2.75) is 45.1 Å². The molecule has 1 fully saturated rings. The summed E-state index contributed by atoms with van der Waals surface area (Å²) in [5, 5.41) is 11.2. The molecule has 0 saturated carbocycles. The SMILES string of the molecule is CCCS(=O)(=O)N1CCC(NC(=O)CCC(=O)O)CC1. The summed E-state index contributed by atoms with van der Waals surface area (Å²) in [6.07, 6.45) is 1.51. The number of sulfonamides is 1. The monoisotopic (exact) mass is 306 g/mol. The highest BCUT2D eigenvalue weighted by Gasteiger charge is 2.27. The van der Waals surface area contributed by atoms with Crippen LogP contribution in [0.3, 0.4) is 0 Å². The molecule has 0 spiro atoms. The molecule has 116 valence electrons. The first kappa shape index (κ1) is 16.9. The van der Waals surface area contributed by atoms with Gasteiger partial charge in [-0.25, -0.2) is 12.7 Å². The van der Waals surface area contributed by atoms with Crippen LogP contribution in [0.25, 0.3) is 0 Å². The molecule has 20 heavy (non-hydrogen) atoms. The predicted octanol–water partition coefficient (Wildman–Crippen LogP) is 0.172. The second-order valence-electron chi connectivity index (χ2n) is 4.95. The Bertz CT molecular complexity index is 441.